The highest BCUT2D eigenvalue weighted by atomic mass is 16.7. The van der Waals surface area contributed by atoms with Crippen LogP contribution in [0.3, 0.4) is 0 Å². The molecule has 24 heavy (non-hydrogen) atoms. The summed E-state index contributed by atoms with van der Waals surface area (Å²) in [5, 5.41) is 0. The zero-order chi connectivity index (χ0) is 17.6. The lowest BCUT2D eigenvalue weighted by molar-refractivity contribution is 0.00578. The van der Waals surface area contributed by atoms with E-state index < -0.39 is 0 Å². The third-order valence-electron chi connectivity index (χ3n) is 5.17. The molecule has 1 aliphatic rings. The van der Waals surface area contributed by atoms with Gasteiger partial charge in [0, 0.05) is 0 Å². The van der Waals surface area contributed by atoms with E-state index in [2.05, 4.69) is 34.6 Å². The fourth-order valence-corrected chi connectivity index (χ4v) is 2.77. The van der Waals surface area contributed by atoms with E-state index in [0.29, 0.717) is 0 Å². The average Bonchev–Trinajstić information content (AvgIpc) is 2.75. The highest BCUT2D eigenvalue weighted by Gasteiger charge is 2.51. The molecule has 3 nitrogen and oxygen atoms in total. The zero-order valence-corrected chi connectivity index (χ0v) is 16.1. The number of hydrogen-bond donors (Lipinski definition) is 0. The summed E-state index contributed by atoms with van der Waals surface area (Å²) in [7, 11) is -0.303. The van der Waals surface area contributed by atoms with Crippen molar-refractivity contribution in [3.8, 4) is 5.75 Å². The molecule has 134 valence electrons. The minimum Gasteiger partial charge on any atom is -0.494 e. The summed E-state index contributed by atoms with van der Waals surface area (Å²) in [5.41, 5.74) is 0.440. The minimum absolute atomic E-state index is 0.301. The molecule has 0 aromatic heterocycles. The Morgan fingerprint density at radius 3 is 1.96 bits per heavy atom. The molecule has 0 N–H and O–H groups in total. The first kappa shape index (κ1) is 19.3. The van der Waals surface area contributed by atoms with E-state index >= 15 is 0 Å². The standard InChI is InChI=1S/C20H33BO3/c1-6-7-8-9-10-11-16-22-18-14-12-17(13-15-18)21-23-19(2,3)20(4,5)24-21/h12-15H,6-11,16H2,1-5H3. The Kier molecular flexibility index (Phi) is 6.76. The molecule has 1 aromatic rings. The molecule has 2 rings (SSSR count). The van der Waals surface area contributed by atoms with Crippen LogP contribution in [0.2, 0.25) is 0 Å². The molecule has 0 spiro atoms. The lowest BCUT2D eigenvalue weighted by Crippen LogP contribution is -2.41. The monoisotopic (exact) mass is 332 g/mol. The van der Waals surface area contributed by atoms with Crippen LogP contribution in [-0.2, 0) is 9.31 Å². The molecule has 1 aromatic carbocycles. The molecule has 4 heteroatoms. The smallest absolute Gasteiger partial charge is 0.494 e. The Morgan fingerprint density at radius 2 is 1.38 bits per heavy atom. The van der Waals surface area contributed by atoms with Crippen LogP contribution >= 0.6 is 0 Å². The van der Waals surface area contributed by atoms with E-state index in [1.807, 2.05) is 24.3 Å². The van der Waals surface area contributed by atoms with Crippen molar-refractivity contribution >= 4 is 12.6 Å². The summed E-state index contributed by atoms with van der Waals surface area (Å²) in [6.45, 7) is 11.3. The van der Waals surface area contributed by atoms with Crippen LogP contribution in [0.25, 0.3) is 0 Å². The van der Waals surface area contributed by atoms with Gasteiger partial charge in [-0.25, -0.2) is 0 Å². The maximum absolute atomic E-state index is 6.07. The van der Waals surface area contributed by atoms with Gasteiger partial charge in [-0.15, -0.1) is 0 Å². The van der Waals surface area contributed by atoms with Gasteiger partial charge in [-0.1, -0.05) is 51.2 Å². The predicted octanol–water partition coefficient (Wildman–Crippen LogP) is 4.73. The fraction of sp³-hybridized carbons (Fsp3) is 0.700. The van der Waals surface area contributed by atoms with Crippen molar-refractivity contribution in [2.45, 2.75) is 84.3 Å². The Labute approximate surface area is 148 Å². The second-order valence-corrected chi connectivity index (χ2v) is 7.77. The van der Waals surface area contributed by atoms with E-state index in [1.54, 1.807) is 0 Å². The molecule has 0 bridgehead atoms. The number of hydrogen-bond acceptors (Lipinski definition) is 3. The van der Waals surface area contributed by atoms with Gasteiger partial charge >= 0.3 is 7.12 Å². The largest absolute Gasteiger partial charge is 0.494 e. The van der Waals surface area contributed by atoms with Crippen molar-refractivity contribution in [3.63, 3.8) is 0 Å². The van der Waals surface area contributed by atoms with Crippen LogP contribution in [-0.4, -0.2) is 24.9 Å². The molecule has 0 unspecified atom stereocenters. The molecule has 0 saturated carbocycles. The predicted molar refractivity (Wildman–Crippen MR) is 101 cm³/mol. The molecule has 0 amide bonds. The summed E-state index contributed by atoms with van der Waals surface area (Å²) >= 11 is 0. The average molecular weight is 332 g/mol. The summed E-state index contributed by atoms with van der Waals surface area (Å²) in [6.07, 6.45) is 7.69. The van der Waals surface area contributed by atoms with Crippen LogP contribution in [0.5, 0.6) is 5.75 Å². The van der Waals surface area contributed by atoms with Crippen LogP contribution < -0.4 is 10.2 Å². The third kappa shape index (κ3) is 5.00. The molecule has 1 fully saturated rings. The SMILES string of the molecule is CCCCCCCCOc1ccc(B2OC(C)(C)C(C)(C)O2)cc1. The molecule has 0 radical (unpaired) electrons. The van der Waals surface area contributed by atoms with Crippen LogP contribution in [0.4, 0.5) is 0 Å². The van der Waals surface area contributed by atoms with Gasteiger partial charge in [0.15, 0.2) is 0 Å². The van der Waals surface area contributed by atoms with E-state index in [9.17, 15) is 0 Å². The first-order valence-corrected chi connectivity index (χ1v) is 9.44. The van der Waals surface area contributed by atoms with Gasteiger partial charge in [-0.2, -0.15) is 0 Å². The van der Waals surface area contributed by atoms with Crippen LogP contribution in [0.1, 0.15) is 73.1 Å². The highest BCUT2D eigenvalue weighted by Crippen LogP contribution is 2.36. The molecule has 1 saturated heterocycles. The molecule has 1 heterocycles. The number of unbranched alkanes of at least 4 members (excludes halogenated alkanes) is 5. The quantitative estimate of drug-likeness (QED) is 0.483. The second kappa shape index (κ2) is 8.40. The Morgan fingerprint density at radius 1 is 0.833 bits per heavy atom. The van der Waals surface area contributed by atoms with Gasteiger partial charge in [0.2, 0.25) is 0 Å². The van der Waals surface area contributed by atoms with Crippen molar-refractivity contribution in [2.24, 2.45) is 0 Å². The van der Waals surface area contributed by atoms with Gasteiger partial charge in [0.25, 0.3) is 0 Å². The van der Waals surface area contributed by atoms with Gasteiger partial charge in [0.1, 0.15) is 5.75 Å². The minimum atomic E-state index is -0.303. The van der Waals surface area contributed by atoms with E-state index in [4.69, 9.17) is 14.0 Å². The molecular formula is C20H33BO3. The Bertz CT molecular complexity index is 480. The Balaban J connectivity index is 1.76. The van der Waals surface area contributed by atoms with Gasteiger partial charge < -0.3 is 14.0 Å². The van der Waals surface area contributed by atoms with Crippen LogP contribution in [0.15, 0.2) is 24.3 Å². The second-order valence-electron chi connectivity index (χ2n) is 7.77. The highest BCUT2D eigenvalue weighted by molar-refractivity contribution is 6.62. The lowest BCUT2D eigenvalue weighted by Gasteiger charge is -2.32. The Hall–Kier alpha value is -0.995. The van der Waals surface area contributed by atoms with Crippen molar-refractivity contribution in [3.05, 3.63) is 24.3 Å². The van der Waals surface area contributed by atoms with E-state index in [1.165, 1.54) is 32.1 Å². The number of benzene rings is 1. The fourth-order valence-electron chi connectivity index (χ4n) is 2.77. The van der Waals surface area contributed by atoms with Crippen LogP contribution in [0, 0.1) is 0 Å². The number of ether oxygens (including phenoxy) is 1. The lowest BCUT2D eigenvalue weighted by atomic mass is 9.79. The van der Waals surface area contributed by atoms with Gasteiger partial charge in [-0.3, -0.25) is 0 Å². The normalized spacial score (nSPS) is 18.8. The molecule has 0 aliphatic carbocycles. The van der Waals surface area contributed by atoms with E-state index in [0.717, 1.165) is 24.2 Å². The third-order valence-corrected chi connectivity index (χ3v) is 5.17. The zero-order valence-electron chi connectivity index (χ0n) is 16.1. The molecule has 0 atom stereocenters. The maximum atomic E-state index is 6.07. The first-order chi connectivity index (χ1) is 11.4. The van der Waals surface area contributed by atoms with Crippen molar-refractivity contribution in [1.82, 2.24) is 0 Å². The first-order valence-electron chi connectivity index (χ1n) is 9.44. The molecule has 1 aliphatic heterocycles. The van der Waals surface area contributed by atoms with Gasteiger partial charge in [-0.05, 0) is 51.7 Å². The summed E-state index contributed by atoms with van der Waals surface area (Å²) in [5.74, 6) is 0.920. The van der Waals surface area contributed by atoms with E-state index in [-0.39, 0.29) is 18.3 Å². The van der Waals surface area contributed by atoms with Crippen molar-refractivity contribution in [1.29, 1.82) is 0 Å². The molecular weight excluding hydrogens is 299 g/mol. The summed E-state index contributed by atoms with van der Waals surface area (Å²) in [6, 6.07) is 8.10. The topological polar surface area (TPSA) is 27.7 Å². The summed E-state index contributed by atoms with van der Waals surface area (Å²) in [4.78, 5) is 0. The van der Waals surface area contributed by atoms with Gasteiger partial charge in [0.05, 0.1) is 17.8 Å². The number of rotatable bonds is 9. The maximum Gasteiger partial charge on any atom is 0.494 e. The van der Waals surface area contributed by atoms with Crippen molar-refractivity contribution < 1.29 is 14.0 Å². The van der Waals surface area contributed by atoms with Crippen molar-refractivity contribution in [2.75, 3.05) is 6.61 Å². The summed E-state index contributed by atoms with van der Waals surface area (Å²) < 4.78 is 18.0.